The molecule has 1 amide bonds. The maximum Gasteiger partial charge on any atom is 0.410 e. The second-order valence-corrected chi connectivity index (χ2v) is 7.80. The van der Waals surface area contributed by atoms with E-state index in [-0.39, 0.29) is 18.4 Å². The van der Waals surface area contributed by atoms with Crippen molar-refractivity contribution in [3.63, 3.8) is 0 Å². The second kappa shape index (κ2) is 5.86. The summed E-state index contributed by atoms with van der Waals surface area (Å²) in [6.45, 7) is 7.25. The van der Waals surface area contributed by atoms with E-state index >= 15 is 0 Å². The van der Waals surface area contributed by atoms with Crippen LogP contribution in [0.1, 0.15) is 39.0 Å². The standard InChI is InChI=1S/C19H24N2O4/c1-19(2,3)25-18(22)21-12-15-10-16(21)11-20(15)14-6-4-5-13(9-14)17-23-7-8-24-17/h4-9,15-17H,10-12H2,1-3H3/t15-,16-/m0/s1. The van der Waals surface area contributed by atoms with Crippen molar-refractivity contribution in [1.82, 2.24) is 4.90 Å². The highest BCUT2D eigenvalue weighted by Crippen LogP contribution is 2.36. The Morgan fingerprint density at radius 1 is 1.16 bits per heavy atom. The van der Waals surface area contributed by atoms with Gasteiger partial charge >= 0.3 is 6.09 Å². The molecular weight excluding hydrogens is 320 g/mol. The van der Waals surface area contributed by atoms with Crippen molar-refractivity contribution in [2.45, 2.75) is 51.2 Å². The molecule has 0 radical (unpaired) electrons. The lowest BCUT2D eigenvalue weighted by atomic mass is 10.1. The Hall–Kier alpha value is -2.37. The second-order valence-electron chi connectivity index (χ2n) is 7.80. The Morgan fingerprint density at radius 3 is 2.56 bits per heavy atom. The number of likely N-dealkylation sites (tertiary alicyclic amines) is 1. The lowest BCUT2D eigenvalue weighted by molar-refractivity contribution is -0.0245. The number of nitrogens with zero attached hydrogens (tertiary/aromatic N) is 2. The summed E-state index contributed by atoms with van der Waals surface area (Å²) >= 11 is 0. The monoisotopic (exact) mass is 344 g/mol. The maximum absolute atomic E-state index is 12.4. The molecule has 0 aromatic heterocycles. The van der Waals surface area contributed by atoms with E-state index in [4.69, 9.17) is 14.2 Å². The smallest absolute Gasteiger partial charge is 0.410 e. The van der Waals surface area contributed by atoms with Gasteiger partial charge in [-0.3, -0.25) is 0 Å². The minimum absolute atomic E-state index is 0.202. The first-order chi connectivity index (χ1) is 11.9. The van der Waals surface area contributed by atoms with Crippen LogP contribution >= 0.6 is 0 Å². The Balaban J connectivity index is 1.44. The van der Waals surface area contributed by atoms with Gasteiger partial charge in [-0.25, -0.2) is 4.79 Å². The highest BCUT2D eigenvalue weighted by molar-refractivity contribution is 5.70. The molecule has 4 rings (SSSR count). The zero-order valence-corrected chi connectivity index (χ0v) is 14.8. The number of carbonyl (C=O) groups is 1. The maximum atomic E-state index is 12.4. The molecule has 6 heteroatoms. The number of anilines is 1. The van der Waals surface area contributed by atoms with Crippen LogP contribution in [0.3, 0.4) is 0 Å². The average molecular weight is 344 g/mol. The lowest BCUT2D eigenvalue weighted by Gasteiger charge is -2.36. The predicted octanol–water partition coefficient (Wildman–Crippen LogP) is 3.40. The van der Waals surface area contributed by atoms with Crippen molar-refractivity contribution in [3.05, 3.63) is 42.4 Å². The van der Waals surface area contributed by atoms with Gasteiger partial charge in [0.15, 0.2) is 0 Å². The summed E-state index contributed by atoms with van der Waals surface area (Å²) in [5.74, 6) is 0. The fourth-order valence-corrected chi connectivity index (χ4v) is 3.77. The summed E-state index contributed by atoms with van der Waals surface area (Å²) < 4.78 is 16.4. The predicted molar refractivity (Wildman–Crippen MR) is 93.0 cm³/mol. The lowest BCUT2D eigenvalue weighted by Crippen LogP contribution is -2.50. The third-order valence-electron chi connectivity index (χ3n) is 4.80. The number of piperazine rings is 1. The Morgan fingerprint density at radius 2 is 1.92 bits per heavy atom. The van der Waals surface area contributed by atoms with Gasteiger partial charge in [-0.15, -0.1) is 0 Å². The van der Waals surface area contributed by atoms with Crippen LogP contribution in [-0.2, 0) is 14.2 Å². The van der Waals surface area contributed by atoms with Crippen molar-refractivity contribution in [1.29, 1.82) is 0 Å². The van der Waals surface area contributed by atoms with E-state index in [0.29, 0.717) is 12.6 Å². The number of amides is 1. The van der Waals surface area contributed by atoms with E-state index < -0.39 is 5.60 Å². The van der Waals surface area contributed by atoms with Crippen molar-refractivity contribution >= 4 is 11.8 Å². The number of benzene rings is 1. The minimum Gasteiger partial charge on any atom is -0.455 e. The first-order valence-electron chi connectivity index (χ1n) is 8.73. The normalized spacial score (nSPS) is 25.2. The van der Waals surface area contributed by atoms with Crippen molar-refractivity contribution < 1.29 is 19.0 Å². The van der Waals surface area contributed by atoms with Gasteiger partial charge in [-0.05, 0) is 39.3 Å². The molecule has 2 fully saturated rings. The van der Waals surface area contributed by atoms with Crippen molar-refractivity contribution in [2.75, 3.05) is 18.0 Å². The molecule has 1 aromatic carbocycles. The van der Waals surface area contributed by atoms with Gasteiger partial charge in [0.2, 0.25) is 0 Å². The van der Waals surface area contributed by atoms with Crippen LogP contribution in [0.2, 0.25) is 0 Å². The summed E-state index contributed by atoms with van der Waals surface area (Å²) in [6, 6.07) is 8.77. The molecule has 6 nitrogen and oxygen atoms in total. The van der Waals surface area contributed by atoms with E-state index in [1.54, 1.807) is 12.5 Å². The summed E-state index contributed by atoms with van der Waals surface area (Å²) in [6.07, 6.45) is 3.55. The SMILES string of the molecule is CC(C)(C)OC(=O)N1C[C@@H]2C[C@H]1CN2c1cccc(C2OC=CO2)c1. The van der Waals surface area contributed by atoms with Crippen LogP contribution in [0.15, 0.2) is 36.8 Å². The van der Waals surface area contributed by atoms with Crippen LogP contribution in [0, 0.1) is 0 Å². The van der Waals surface area contributed by atoms with Gasteiger partial charge in [0.1, 0.15) is 18.1 Å². The van der Waals surface area contributed by atoms with Gasteiger partial charge < -0.3 is 24.0 Å². The van der Waals surface area contributed by atoms with Crippen molar-refractivity contribution in [3.8, 4) is 0 Å². The van der Waals surface area contributed by atoms with E-state index in [0.717, 1.165) is 24.2 Å². The van der Waals surface area contributed by atoms with Gasteiger partial charge in [0.05, 0.1) is 6.04 Å². The minimum atomic E-state index is -0.456. The topological polar surface area (TPSA) is 51.2 Å². The molecule has 0 spiro atoms. The molecule has 3 aliphatic rings. The molecule has 2 saturated heterocycles. The quantitative estimate of drug-likeness (QED) is 0.823. The van der Waals surface area contributed by atoms with Crippen LogP contribution in [-0.4, -0.2) is 41.8 Å². The Bertz CT molecular complexity index is 689. The molecular formula is C19H24N2O4. The molecule has 2 atom stereocenters. The third kappa shape index (κ3) is 3.13. The van der Waals surface area contributed by atoms with Gasteiger partial charge in [0, 0.05) is 30.4 Å². The number of ether oxygens (including phenoxy) is 3. The molecule has 3 heterocycles. The molecule has 0 aliphatic carbocycles. The van der Waals surface area contributed by atoms with Crippen LogP contribution < -0.4 is 4.90 Å². The first-order valence-corrected chi connectivity index (χ1v) is 8.73. The third-order valence-corrected chi connectivity index (χ3v) is 4.80. The zero-order valence-electron chi connectivity index (χ0n) is 14.8. The fraction of sp³-hybridized carbons (Fsp3) is 0.526. The molecule has 3 aliphatic heterocycles. The molecule has 134 valence electrons. The largest absolute Gasteiger partial charge is 0.455 e. The van der Waals surface area contributed by atoms with Crippen LogP contribution in [0.25, 0.3) is 0 Å². The Kier molecular flexibility index (Phi) is 3.78. The highest BCUT2D eigenvalue weighted by Gasteiger charge is 2.46. The molecule has 2 bridgehead atoms. The number of hydrogen-bond acceptors (Lipinski definition) is 5. The molecule has 0 unspecified atom stereocenters. The summed E-state index contributed by atoms with van der Waals surface area (Å²) in [4.78, 5) is 16.6. The molecule has 0 N–H and O–H groups in total. The Labute approximate surface area is 147 Å². The highest BCUT2D eigenvalue weighted by atomic mass is 16.7. The number of hydrogen-bond donors (Lipinski definition) is 0. The van der Waals surface area contributed by atoms with Gasteiger partial charge in [-0.2, -0.15) is 0 Å². The van der Waals surface area contributed by atoms with Gasteiger partial charge in [0.25, 0.3) is 6.29 Å². The average Bonchev–Trinajstić information content (AvgIpc) is 3.29. The molecule has 1 aromatic rings. The summed E-state index contributed by atoms with van der Waals surface area (Å²) in [5, 5.41) is 0. The van der Waals surface area contributed by atoms with E-state index in [1.807, 2.05) is 37.8 Å². The van der Waals surface area contributed by atoms with E-state index in [2.05, 4.69) is 17.0 Å². The van der Waals surface area contributed by atoms with E-state index in [9.17, 15) is 4.79 Å². The zero-order chi connectivity index (χ0) is 17.6. The van der Waals surface area contributed by atoms with Crippen LogP contribution in [0.4, 0.5) is 10.5 Å². The fourth-order valence-electron chi connectivity index (χ4n) is 3.77. The molecule has 25 heavy (non-hydrogen) atoms. The van der Waals surface area contributed by atoms with E-state index in [1.165, 1.54) is 0 Å². The summed E-state index contributed by atoms with van der Waals surface area (Å²) in [7, 11) is 0. The molecule has 0 saturated carbocycles. The number of carbonyl (C=O) groups excluding carboxylic acids is 1. The van der Waals surface area contributed by atoms with Crippen LogP contribution in [0.5, 0.6) is 0 Å². The number of fused-ring (bicyclic) bond motifs is 2. The summed E-state index contributed by atoms with van der Waals surface area (Å²) in [5.41, 5.74) is 1.68. The van der Waals surface area contributed by atoms with Gasteiger partial charge in [-0.1, -0.05) is 12.1 Å². The number of rotatable bonds is 2. The van der Waals surface area contributed by atoms with Crippen molar-refractivity contribution in [2.24, 2.45) is 0 Å². The first kappa shape index (κ1) is 16.1.